The molecule has 0 radical (unpaired) electrons. The monoisotopic (exact) mass is 382 g/mol. The third-order valence-electron chi connectivity index (χ3n) is 4.87. The number of phenols is 1. The van der Waals surface area contributed by atoms with Crippen LogP contribution in [0, 0.1) is 11.3 Å². The zero-order valence-corrected chi connectivity index (χ0v) is 16.2. The summed E-state index contributed by atoms with van der Waals surface area (Å²) >= 11 is 1.50. The molecule has 1 aromatic carbocycles. The van der Waals surface area contributed by atoms with Crippen LogP contribution < -0.4 is 5.32 Å². The van der Waals surface area contributed by atoms with Crippen LogP contribution in [0.5, 0.6) is 5.75 Å². The Kier molecular flexibility index (Phi) is 4.34. The molecule has 0 saturated heterocycles. The van der Waals surface area contributed by atoms with E-state index in [9.17, 15) is 9.90 Å². The number of phenolic OH excluding ortho intramolecular Hbond substituents is 1. The molecule has 1 aliphatic carbocycles. The highest BCUT2D eigenvalue weighted by atomic mass is 32.2. The summed E-state index contributed by atoms with van der Waals surface area (Å²) in [6, 6.07) is 6.68. The molecule has 2 atom stereocenters. The second-order valence-corrected chi connectivity index (χ2v) is 8.62. The van der Waals surface area contributed by atoms with Gasteiger partial charge in [0, 0.05) is 17.9 Å². The molecule has 2 aromatic rings. The molecule has 0 fully saturated rings. The molecule has 27 heavy (non-hydrogen) atoms. The number of benzene rings is 1. The first kappa shape index (κ1) is 17.9. The van der Waals surface area contributed by atoms with E-state index in [1.807, 2.05) is 18.2 Å². The number of carbonyl (C=O) groups excluding carboxylic acids is 1. The van der Waals surface area contributed by atoms with Crippen molar-refractivity contribution in [2.45, 2.75) is 31.5 Å². The van der Waals surface area contributed by atoms with Gasteiger partial charge in [0.2, 0.25) is 11.1 Å². The van der Waals surface area contributed by atoms with E-state index >= 15 is 0 Å². The van der Waals surface area contributed by atoms with Crippen LogP contribution in [0.15, 0.2) is 53.8 Å². The maximum absolute atomic E-state index is 13.1. The first-order chi connectivity index (χ1) is 12.9. The van der Waals surface area contributed by atoms with Crippen molar-refractivity contribution in [1.82, 2.24) is 14.8 Å². The molecule has 2 aliphatic rings. The summed E-state index contributed by atoms with van der Waals surface area (Å²) in [5, 5.41) is 18.3. The Bertz CT molecular complexity index is 930. The van der Waals surface area contributed by atoms with Crippen molar-refractivity contribution in [1.29, 1.82) is 0 Å². The number of aromatic nitrogens is 3. The topological polar surface area (TPSA) is 80.0 Å². The quantitative estimate of drug-likeness (QED) is 0.619. The van der Waals surface area contributed by atoms with Crippen LogP contribution in [0.25, 0.3) is 0 Å². The van der Waals surface area contributed by atoms with Gasteiger partial charge in [-0.1, -0.05) is 49.9 Å². The number of aromatic hydroxyl groups is 1. The van der Waals surface area contributed by atoms with E-state index < -0.39 is 0 Å². The molecule has 0 spiro atoms. The summed E-state index contributed by atoms with van der Waals surface area (Å²) in [6.45, 7) is 7.87. The lowest BCUT2D eigenvalue weighted by Crippen LogP contribution is -2.42. The number of hydrogen-bond acceptors (Lipinski definition) is 6. The van der Waals surface area contributed by atoms with Gasteiger partial charge in [-0.3, -0.25) is 4.79 Å². The summed E-state index contributed by atoms with van der Waals surface area (Å²) in [6.07, 6.45) is 4.44. The van der Waals surface area contributed by atoms with E-state index in [2.05, 4.69) is 41.9 Å². The minimum absolute atomic E-state index is 0.185. The SMILES string of the molecule is C=CCSc1nc2n(n1)[C@@H](c1ccc(O)cc1)[C@@H]1C(=O)CC(C)(C)C=C1N2. The average Bonchev–Trinajstić information content (AvgIpc) is 3.00. The Labute approximate surface area is 162 Å². The Morgan fingerprint density at radius 1 is 1.41 bits per heavy atom. The predicted octanol–water partition coefficient (Wildman–Crippen LogP) is 3.78. The van der Waals surface area contributed by atoms with Gasteiger partial charge < -0.3 is 10.4 Å². The van der Waals surface area contributed by atoms with Crippen LogP contribution in [0.3, 0.4) is 0 Å². The fraction of sp³-hybridized carbons (Fsp3) is 0.350. The summed E-state index contributed by atoms with van der Waals surface area (Å²) in [5.41, 5.74) is 1.61. The fourth-order valence-electron chi connectivity index (χ4n) is 3.81. The highest BCUT2D eigenvalue weighted by Crippen LogP contribution is 2.45. The molecular formula is C20H22N4O2S. The third-order valence-corrected chi connectivity index (χ3v) is 5.70. The molecule has 1 aromatic heterocycles. The van der Waals surface area contributed by atoms with Gasteiger partial charge in [-0.05, 0) is 23.1 Å². The maximum atomic E-state index is 13.1. The number of allylic oxidation sites excluding steroid dienone is 2. The van der Waals surface area contributed by atoms with E-state index in [-0.39, 0.29) is 28.9 Å². The molecule has 0 unspecified atom stereocenters. The molecule has 2 N–H and O–H groups in total. The third kappa shape index (κ3) is 3.27. The van der Waals surface area contributed by atoms with Crippen molar-refractivity contribution in [2.75, 3.05) is 11.1 Å². The standard InChI is InChI=1S/C20H22N4O2S/c1-4-9-27-19-22-18-21-14-10-20(2,3)11-15(26)16(14)17(24(18)23-19)12-5-7-13(25)8-6-12/h4-8,10,16-17,25H,1,9,11H2,2-3H3,(H,21,22,23)/t16-,17-/m0/s1. The number of carbonyl (C=O) groups is 1. The van der Waals surface area contributed by atoms with E-state index in [0.29, 0.717) is 23.3 Å². The van der Waals surface area contributed by atoms with Gasteiger partial charge in [-0.25, -0.2) is 4.68 Å². The van der Waals surface area contributed by atoms with Crippen LogP contribution in [0.2, 0.25) is 0 Å². The summed E-state index contributed by atoms with van der Waals surface area (Å²) in [5.74, 6) is 1.39. The Morgan fingerprint density at radius 3 is 2.85 bits per heavy atom. The molecule has 4 rings (SSSR count). The molecule has 0 bridgehead atoms. The smallest absolute Gasteiger partial charge is 0.227 e. The highest BCUT2D eigenvalue weighted by molar-refractivity contribution is 7.99. The molecule has 6 nitrogen and oxygen atoms in total. The first-order valence-corrected chi connectivity index (χ1v) is 9.88. The van der Waals surface area contributed by atoms with Crippen LogP contribution >= 0.6 is 11.8 Å². The zero-order valence-electron chi connectivity index (χ0n) is 15.3. The minimum Gasteiger partial charge on any atom is -0.508 e. The van der Waals surface area contributed by atoms with Crippen LogP contribution in [0.4, 0.5) is 5.95 Å². The Morgan fingerprint density at radius 2 is 2.15 bits per heavy atom. The number of anilines is 1. The zero-order chi connectivity index (χ0) is 19.2. The fourth-order valence-corrected chi connectivity index (χ4v) is 4.37. The van der Waals surface area contributed by atoms with Gasteiger partial charge >= 0.3 is 0 Å². The lowest BCUT2D eigenvalue weighted by atomic mass is 9.72. The number of rotatable bonds is 4. The van der Waals surface area contributed by atoms with Crippen LogP contribution in [-0.4, -0.2) is 31.4 Å². The maximum Gasteiger partial charge on any atom is 0.227 e. The van der Waals surface area contributed by atoms with Crippen LogP contribution in [-0.2, 0) is 4.79 Å². The van der Waals surface area contributed by atoms with E-state index in [1.165, 1.54) is 11.8 Å². The average molecular weight is 382 g/mol. The van der Waals surface area contributed by atoms with Crippen molar-refractivity contribution in [3.63, 3.8) is 0 Å². The van der Waals surface area contributed by atoms with Gasteiger partial charge in [0.25, 0.3) is 0 Å². The van der Waals surface area contributed by atoms with Gasteiger partial charge in [0.1, 0.15) is 11.5 Å². The minimum atomic E-state index is -0.339. The Hall–Kier alpha value is -2.54. The number of thioether (sulfide) groups is 1. The number of fused-ring (bicyclic) bond motifs is 2. The van der Waals surface area contributed by atoms with Gasteiger partial charge in [0.05, 0.1) is 12.0 Å². The van der Waals surface area contributed by atoms with Crippen LogP contribution in [0.1, 0.15) is 31.9 Å². The summed E-state index contributed by atoms with van der Waals surface area (Å²) in [4.78, 5) is 17.7. The number of nitrogens with zero attached hydrogens (tertiary/aromatic N) is 3. The van der Waals surface area contributed by atoms with Crippen molar-refractivity contribution < 1.29 is 9.90 Å². The molecule has 0 amide bonds. The molecule has 140 valence electrons. The molecule has 7 heteroatoms. The summed E-state index contributed by atoms with van der Waals surface area (Å²) < 4.78 is 1.80. The van der Waals surface area contributed by atoms with E-state index in [1.54, 1.807) is 16.8 Å². The van der Waals surface area contributed by atoms with Crippen molar-refractivity contribution >= 4 is 23.5 Å². The normalized spacial score (nSPS) is 23.0. The van der Waals surface area contributed by atoms with Gasteiger partial charge in [0.15, 0.2) is 0 Å². The lowest BCUT2D eigenvalue weighted by molar-refractivity contribution is -0.125. The van der Waals surface area contributed by atoms with Gasteiger partial charge in [-0.2, -0.15) is 4.98 Å². The number of nitrogens with one attached hydrogen (secondary N) is 1. The molecular weight excluding hydrogens is 360 g/mol. The van der Waals surface area contributed by atoms with E-state index in [4.69, 9.17) is 0 Å². The lowest BCUT2D eigenvalue weighted by Gasteiger charge is -2.40. The van der Waals surface area contributed by atoms with Crippen molar-refractivity contribution in [3.8, 4) is 5.75 Å². The largest absolute Gasteiger partial charge is 0.508 e. The predicted molar refractivity (Wildman–Crippen MR) is 106 cm³/mol. The number of Topliss-reactive ketones (excluding diaryl/α,β-unsaturated/α-hetero) is 1. The van der Waals surface area contributed by atoms with Gasteiger partial charge in [-0.15, -0.1) is 11.7 Å². The molecule has 0 saturated carbocycles. The van der Waals surface area contributed by atoms with Crippen molar-refractivity contribution in [3.05, 3.63) is 54.3 Å². The number of ketones is 1. The second kappa shape index (κ2) is 6.56. The summed E-state index contributed by atoms with van der Waals surface area (Å²) in [7, 11) is 0. The second-order valence-electron chi connectivity index (χ2n) is 7.63. The highest BCUT2D eigenvalue weighted by Gasteiger charge is 2.45. The van der Waals surface area contributed by atoms with E-state index in [0.717, 1.165) is 11.3 Å². The van der Waals surface area contributed by atoms with Crippen molar-refractivity contribution in [2.24, 2.45) is 11.3 Å². The first-order valence-electron chi connectivity index (χ1n) is 8.89. The number of hydrogen-bond donors (Lipinski definition) is 2. The molecule has 2 heterocycles. The molecule has 1 aliphatic heterocycles. The Balaban J connectivity index is 1.85.